The Morgan fingerprint density at radius 3 is 2.53 bits per heavy atom. The van der Waals surface area contributed by atoms with Crippen LogP contribution in [-0.2, 0) is 0 Å². The molecule has 1 amide bonds. The van der Waals surface area contributed by atoms with Crippen LogP contribution in [0, 0.1) is 0 Å². The molecule has 0 radical (unpaired) electrons. The largest absolute Gasteiger partial charge is 0.348 e. The van der Waals surface area contributed by atoms with Gasteiger partial charge in [-0.25, -0.2) is 0 Å². The van der Waals surface area contributed by atoms with Crippen molar-refractivity contribution in [3.63, 3.8) is 0 Å². The Hall–Kier alpha value is -1.58. The average molecular weight is 234 g/mol. The molecule has 0 saturated heterocycles. The first-order chi connectivity index (χ1) is 8.29. The van der Waals surface area contributed by atoms with Crippen molar-refractivity contribution in [3.8, 4) is 0 Å². The fourth-order valence-corrected chi connectivity index (χ4v) is 2.30. The lowest BCUT2D eigenvalue weighted by Gasteiger charge is -2.15. The molecular weight excluding hydrogens is 216 g/mol. The fraction of sp³-hybridized carbons (Fsp3) is 0.538. The summed E-state index contributed by atoms with van der Waals surface area (Å²) in [7, 11) is 0. The molecule has 1 aliphatic rings. The third-order valence-corrected chi connectivity index (χ3v) is 3.27. The topological polar surface area (TPSA) is 62.0 Å². The Bertz CT molecular complexity index is 390. The summed E-state index contributed by atoms with van der Waals surface area (Å²) in [6.07, 6.45) is 7.75. The Morgan fingerprint density at radius 2 is 1.94 bits per heavy atom. The zero-order valence-corrected chi connectivity index (χ0v) is 9.87. The number of aromatic amines is 1. The minimum atomic E-state index is -0.106. The van der Waals surface area contributed by atoms with E-state index in [9.17, 15) is 9.59 Å². The summed E-state index contributed by atoms with van der Waals surface area (Å²) < 4.78 is 0. The summed E-state index contributed by atoms with van der Waals surface area (Å²) in [5.41, 5.74) is 0.910. The summed E-state index contributed by atoms with van der Waals surface area (Å²) in [6, 6.07) is 3.55. The highest BCUT2D eigenvalue weighted by Crippen LogP contribution is 2.17. The molecule has 4 heteroatoms. The van der Waals surface area contributed by atoms with Gasteiger partial charge < -0.3 is 10.3 Å². The zero-order chi connectivity index (χ0) is 12.1. The maximum Gasteiger partial charge on any atom is 0.267 e. The number of amides is 1. The molecule has 0 aromatic carbocycles. The molecular formula is C13H18N2O2. The minimum absolute atomic E-state index is 0.106. The molecule has 4 nitrogen and oxygen atoms in total. The van der Waals surface area contributed by atoms with Crippen LogP contribution < -0.4 is 5.32 Å². The quantitative estimate of drug-likeness (QED) is 0.622. The van der Waals surface area contributed by atoms with E-state index in [-0.39, 0.29) is 11.9 Å². The first-order valence-corrected chi connectivity index (χ1v) is 6.24. The van der Waals surface area contributed by atoms with Gasteiger partial charge in [-0.2, -0.15) is 0 Å². The number of nitrogens with one attached hydrogen (secondary N) is 2. The van der Waals surface area contributed by atoms with Gasteiger partial charge in [0.25, 0.3) is 5.91 Å². The normalized spacial score (nSPS) is 17.4. The van der Waals surface area contributed by atoms with E-state index in [1.54, 1.807) is 12.1 Å². The van der Waals surface area contributed by atoms with Crippen LogP contribution >= 0.6 is 0 Å². The first kappa shape index (κ1) is 11.9. The third-order valence-electron chi connectivity index (χ3n) is 3.27. The molecule has 0 atom stereocenters. The standard InChI is InChI=1S/C13H18N2O2/c16-9-11-7-8-12(14-11)13(17)15-10-5-3-1-2-4-6-10/h7-10,14H,1-6H2,(H,15,17). The van der Waals surface area contributed by atoms with Crippen molar-refractivity contribution in [3.05, 3.63) is 23.5 Å². The molecule has 1 aliphatic carbocycles. The van der Waals surface area contributed by atoms with E-state index in [0.29, 0.717) is 17.7 Å². The van der Waals surface area contributed by atoms with Gasteiger partial charge in [0.2, 0.25) is 0 Å². The summed E-state index contributed by atoms with van der Waals surface area (Å²) in [5, 5.41) is 3.03. The van der Waals surface area contributed by atoms with Gasteiger partial charge in [-0.05, 0) is 25.0 Å². The Labute approximate surface area is 101 Å². The Balaban J connectivity index is 1.93. The lowest BCUT2D eigenvalue weighted by atomic mass is 10.1. The van der Waals surface area contributed by atoms with Crippen LogP contribution in [0.3, 0.4) is 0 Å². The molecule has 0 aliphatic heterocycles. The van der Waals surface area contributed by atoms with Crippen molar-refractivity contribution < 1.29 is 9.59 Å². The molecule has 0 unspecified atom stereocenters. The number of H-pyrrole nitrogens is 1. The van der Waals surface area contributed by atoms with Crippen LogP contribution in [0.1, 0.15) is 59.5 Å². The molecule has 1 aromatic heterocycles. The van der Waals surface area contributed by atoms with Crippen LogP contribution in [0.5, 0.6) is 0 Å². The van der Waals surface area contributed by atoms with Crippen LogP contribution in [0.4, 0.5) is 0 Å². The summed E-state index contributed by atoms with van der Waals surface area (Å²) in [5.74, 6) is -0.106. The zero-order valence-electron chi connectivity index (χ0n) is 9.87. The Kier molecular flexibility index (Phi) is 3.96. The average Bonchev–Trinajstić information content (AvgIpc) is 2.68. The van der Waals surface area contributed by atoms with E-state index in [4.69, 9.17) is 0 Å². The van der Waals surface area contributed by atoms with Gasteiger partial charge in [0.15, 0.2) is 6.29 Å². The van der Waals surface area contributed by atoms with E-state index < -0.39 is 0 Å². The van der Waals surface area contributed by atoms with E-state index >= 15 is 0 Å². The number of hydrogen-bond acceptors (Lipinski definition) is 2. The molecule has 2 N–H and O–H groups in total. The molecule has 1 saturated carbocycles. The molecule has 1 heterocycles. The van der Waals surface area contributed by atoms with Crippen LogP contribution in [0.15, 0.2) is 12.1 Å². The van der Waals surface area contributed by atoms with Crippen LogP contribution in [0.2, 0.25) is 0 Å². The minimum Gasteiger partial charge on any atom is -0.348 e. The van der Waals surface area contributed by atoms with Gasteiger partial charge in [0, 0.05) is 6.04 Å². The van der Waals surface area contributed by atoms with Crippen LogP contribution in [0.25, 0.3) is 0 Å². The van der Waals surface area contributed by atoms with Crippen LogP contribution in [-0.4, -0.2) is 23.2 Å². The second-order valence-electron chi connectivity index (χ2n) is 4.61. The van der Waals surface area contributed by atoms with Crippen molar-refractivity contribution in [2.24, 2.45) is 0 Å². The molecule has 1 fully saturated rings. The van der Waals surface area contributed by atoms with E-state index in [1.807, 2.05) is 0 Å². The highest BCUT2D eigenvalue weighted by atomic mass is 16.2. The predicted molar refractivity (Wildman–Crippen MR) is 65.1 cm³/mol. The van der Waals surface area contributed by atoms with Gasteiger partial charge in [-0.1, -0.05) is 25.7 Å². The SMILES string of the molecule is O=Cc1ccc(C(=O)NC2CCCCCC2)[nH]1. The number of rotatable bonds is 3. The molecule has 0 spiro atoms. The first-order valence-electron chi connectivity index (χ1n) is 6.24. The number of aldehydes is 1. The molecule has 92 valence electrons. The summed E-state index contributed by atoms with van der Waals surface area (Å²) in [6.45, 7) is 0. The second kappa shape index (κ2) is 5.66. The summed E-state index contributed by atoms with van der Waals surface area (Å²) >= 11 is 0. The third kappa shape index (κ3) is 3.19. The number of hydrogen-bond donors (Lipinski definition) is 2. The Morgan fingerprint density at radius 1 is 1.24 bits per heavy atom. The molecule has 0 bridgehead atoms. The predicted octanol–water partition coefficient (Wildman–Crippen LogP) is 2.28. The van der Waals surface area contributed by atoms with Gasteiger partial charge in [0.05, 0.1) is 5.69 Å². The second-order valence-corrected chi connectivity index (χ2v) is 4.61. The monoisotopic (exact) mass is 234 g/mol. The van der Waals surface area contributed by atoms with Crippen molar-refractivity contribution in [1.82, 2.24) is 10.3 Å². The lowest BCUT2D eigenvalue weighted by Crippen LogP contribution is -2.34. The van der Waals surface area contributed by atoms with Crippen molar-refractivity contribution in [2.45, 2.75) is 44.6 Å². The number of aromatic nitrogens is 1. The fourth-order valence-electron chi connectivity index (χ4n) is 2.30. The molecule has 17 heavy (non-hydrogen) atoms. The van der Waals surface area contributed by atoms with Gasteiger partial charge in [-0.15, -0.1) is 0 Å². The highest BCUT2D eigenvalue weighted by Gasteiger charge is 2.16. The van der Waals surface area contributed by atoms with Gasteiger partial charge >= 0.3 is 0 Å². The van der Waals surface area contributed by atoms with Crippen molar-refractivity contribution >= 4 is 12.2 Å². The lowest BCUT2D eigenvalue weighted by molar-refractivity contribution is 0.0929. The molecule has 1 aromatic rings. The van der Waals surface area contributed by atoms with Gasteiger partial charge in [-0.3, -0.25) is 9.59 Å². The highest BCUT2D eigenvalue weighted by molar-refractivity contribution is 5.93. The summed E-state index contributed by atoms with van der Waals surface area (Å²) in [4.78, 5) is 25.2. The van der Waals surface area contributed by atoms with E-state index in [0.717, 1.165) is 12.8 Å². The van der Waals surface area contributed by atoms with Gasteiger partial charge in [0.1, 0.15) is 5.69 Å². The van der Waals surface area contributed by atoms with E-state index in [2.05, 4.69) is 10.3 Å². The molecule has 2 rings (SSSR count). The maximum atomic E-state index is 11.9. The smallest absolute Gasteiger partial charge is 0.267 e. The van der Waals surface area contributed by atoms with Crippen molar-refractivity contribution in [2.75, 3.05) is 0 Å². The number of carbonyl (C=O) groups is 2. The van der Waals surface area contributed by atoms with Crippen molar-refractivity contribution in [1.29, 1.82) is 0 Å². The maximum absolute atomic E-state index is 11.9. The number of carbonyl (C=O) groups excluding carboxylic acids is 2. The van der Waals surface area contributed by atoms with E-state index in [1.165, 1.54) is 25.7 Å².